The molecule has 4 saturated heterocycles. The summed E-state index contributed by atoms with van der Waals surface area (Å²) in [5.41, 5.74) is -1.64. The average molecular weight is 750 g/mol. The summed E-state index contributed by atoms with van der Waals surface area (Å²) >= 11 is 0. The van der Waals surface area contributed by atoms with E-state index in [0.717, 1.165) is 6.42 Å². The smallest absolute Gasteiger partial charge is 0.202 e. The van der Waals surface area contributed by atoms with Gasteiger partial charge in [0.2, 0.25) is 5.79 Å². The highest BCUT2D eigenvalue weighted by Crippen LogP contribution is 2.54. The second kappa shape index (κ2) is 16.2. The Morgan fingerprint density at radius 1 is 0.906 bits per heavy atom. The fourth-order valence-electron chi connectivity index (χ4n) is 10.5. The van der Waals surface area contributed by atoms with Crippen molar-refractivity contribution >= 4 is 11.8 Å². The lowest BCUT2D eigenvalue weighted by Crippen LogP contribution is -2.63. The number of ether oxygens (including phenoxy) is 5. The van der Waals surface area contributed by atoms with Crippen LogP contribution in [0.15, 0.2) is 12.2 Å². The lowest BCUT2D eigenvalue weighted by Gasteiger charge is -2.54. The van der Waals surface area contributed by atoms with Crippen LogP contribution >= 0.6 is 0 Å². The zero-order valence-electron chi connectivity index (χ0n) is 33.9. The van der Waals surface area contributed by atoms with Gasteiger partial charge in [-0.15, -0.1) is 0 Å². The molecule has 2 spiro atoms. The van der Waals surface area contributed by atoms with Crippen molar-refractivity contribution < 1.29 is 53.7 Å². The number of hydrogen-bond acceptors (Lipinski definition) is 11. The molecule has 18 atom stereocenters. The molecule has 0 amide bonds. The van der Waals surface area contributed by atoms with Gasteiger partial charge in [0.1, 0.15) is 11.9 Å². The zero-order chi connectivity index (χ0) is 39.3. The SMILES string of the molecule is CCC(C(=O)[O-])[C@H]1CC[C@H](C)[C@H]([C@@H](C)[C@H](O)[C@H](C)C(=O)[C@H](CC)[C@H]2OC3(C=C[C@@H](O)[C@]4(CC[C@@](C)([C@H]5CC[C@](O)(CC)[C@H](C)O5)O4)O3)[C@H](C)C[C@@H]2C)O1. The van der Waals surface area contributed by atoms with Gasteiger partial charge < -0.3 is 48.9 Å². The van der Waals surface area contributed by atoms with Crippen LogP contribution in [0.3, 0.4) is 0 Å². The Hall–Kier alpha value is -1.44. The molecule has 4 fully saturated rings. The summed E-state index contributed by atoms with van der Waals surface area (Å²) in [5, 5.41) is 46.0. The lowest BCUT2D eigenvalue weighted by atomic mass is 9.72. The lowest BCUT2D eigenvalue weighted by molar-refractivity contribution is -0.409. The van der Waals surface area contributed by atoms with Crippen LogP contribution in [-0.4, -0.2) is 92.6 Å². The van der Waals surface area contributed by atoms with Crippen LogP contribution in [0.25, 0.3) is 0 Å². The van der Waals surface area contributed by atoms with Crippen LogP contribution in [-0.2, 0) is 33.3 Å². The van der Waals surface area contributed by atoms with E-state index >= 15 is 0 Å². The number of carboxylic acids is 1. The predicted octanol–water partition coefficient (Wildman–Crippen LogP) is 4.85. The first-order chi connectivity index (χ1) is 24.8. The van der Waals surface area contributed by atoms with Crippen LogP contribution in [0.1, 0.15) is 133 Å². The van der Waals surface area contributed by atoms with Crippen molar-refractivity contribution in [2.24, 2.45) is 41.4 Å². The monoisotopic (exact) mass is 749 g/mol. The molecule has 0 aromatic heterocycles. The van der Waals surface area contributed by atoms with E-state index < -0.39 is 82.9 Å². The first-order valence-electron chi connectivity index (χ1n) is 20.7. The van der Waals surface area contributed by atoms with Gasteiger partial charge in [-0.3, -0.25) is 4.79 Å². The summed E-state index contributed by atoms with van der Waals surface area (Å²) in [7, 11) is 0. The Kier molecular flexibility index (Phi) is 13.0. The first-order valence-corrected chi connectivity index (χ1v) is 20.7. The normalized spacial score (nSPS) is 46.2. The Morgan fingerprint density at radius 2 is 1.58 bits per heavy atom. The van der Waals surface area contributed by atoms with Crippen LogP contribution in [0.2, 0.25) is 0 Å². The van der Waals surface area contributed by atoms with E-state index in [9.17, 15) is 30.0 Å². The number of aliphatic carboxylic acids is 1. The third-order valence-corrected chi connectivity index (χ3v) is 14.4. The molecule has 5 heterocycles. The molecular weight excluding hydrogens is 680 g/mol. The molecule has 0 aromatic rings. The van der Waals surface area contributed by atoms with Gasteiger partial charge in [-0.05, 0) is 95.6 Å². The van der Waals surface area contributed by atoms with Gasteiger partial charge in [0.15, 0.2) is 5.79 Å². The standard InChI is InChI=1S/C42H70O11/c1-11-29(38(46)47)31-15-14-23(4)36(50-31)27(8)34(44)26(7)35(45)30(12-2)37-24(5)22-25(6)41(51-37)19-16-32(43)42(53-41)21-20-39(10,52-42)33-17-18-40(48,13-3)28(9)49-33/h16,19,23-34,36-37,43-44,48H,11-15,17-18,20-22H2,1-10H3,(H,46,47)/p-1/t23-,24-,25+,26-,27-,28-,29?,30-,31+,32+,33+,34+,36+,37-,39-,40+,41?,42-/m0/s1. The molecule has 5 aliphatic heterocycles. The Bertz CT molecular complexity index is 1320. The molecule has 0 bridgehead atoms. The quantitative estimate of drug-likeness (QED) is 0.234. The molecule has 11 nitrogen and oxygen atoms in total. The summed E-state index contributed by atoms with van der Waals surface area (Å²) in [4.78, 5) is 26.2. The second-order valence-corrected chi connectivity index (χ2v) is 17.9. The summed E-state index contributed by atoms with van der Waals surface area (Å²) in [6.07, 6.45) is 5.22. The molecule has 3 N–H and O–H groups in total. The number of aliphatic hydroxyl groups is 3. The summed E-state index contributed by atoms with van der Waals surface area (Å²) in [6.45, 7) is 19.5. The molecule has 11 heteroatoms. The van der Waals surface area contributed by atoms with E-state index in [4.69, 9.17) is 23.7 Å². The summed E-state index contributed by atoms with van der Waals surface area (Å²) in [6, 6.07) is 0. The van der Waals surface area contributed by atoms with Gasteiger partial charge >= 0.3 is 0 Å². The fraction of sp³-hybridized carbons (Fsp3) is 0.905. The van der Waals surface area contributed by atoms with Crippen molar-refractivity contribution in [1.82, 2.24) is 0 Å². The van der Waals surface area contributed by atoms with Gasteiger partial charge in [0, 0.05) is 42.0 Å². The molecule has 5 aliphatic rings. The number of aliphatic hydroxyl groups excluding tert-OH is 2. The van der Waals surface area contributed by atoms with Crippen LogP contribution in [0.4, 0.5) is 0 Å². The van der Waals surface area contributed by atoms with Crippen LogP contribution < -0.4 is 5.11 Å². The topological polar surface area (TPSA) is 164 Å². The first kappa shape index (κ1) is 42.7. The maximum atomic E-state index is 14.4. The third kappa shape index (κ3) is 7.94. The van der Waals surface area contributed by atoms with Gasteiger partial charge in [-0.25, -0.2) is 0 Å². The predicted molar refractivity (Wildman–Crippen MR) is 196 cm³/mol. The molecule has 53 heavy (non-hydrogen) atoms. The number of Topliss-reactive ketones (excluding diaryl/α,β-unsaturated/α-hetero) is 1. The van der Waals surface area contributed by atoms with Crippen LogP contribution in [0, 0.1) is 41.4 Å². The van der Waals surface area contributed by atoms with Crippen molar-refractivity contribution in [3.63, 3.8) is 0 Å². The molecule has 0 aromatic carbocycles. The summed E-state index contributed by atoms with van der Waals surface area (Å²) in [5.74, 6) is -6.24. The fourth-order valence-corrected chi connectivity index (χ4v) is 10.5. The molecule has 0 radical (unpaired) electrons. The maximum Gasteiger partial charge on any atom is 0.202 e. The Morgan fingerprint density at radius 3 is 2.19 bits per heavy atom. The van der Waals surface area contributed by atoms with Gasteiger partial charge in [0.25, 0.3) is 0 Å². The number of ketones is 1. The van der Waals surface area contributed by atoms with E-state index in [1.807, 2.05) is 41.5 Å². The summed E-state index contributed by atoms with van der Waals surface area (Å²) < 4.78 is 33.4. The second-order valence-electron chi connectivity index (χ2n) is 17.9. The van der Waals surface area contributed by atoms with Crippen molar-refractivity contribution in [3.05, 3.63) is 12.2 Å². The van der Waals surface area contributed by atoms with Gasteiger partial charge in [-0.2, -0.15) is 0 Å². The van der Waals surface area contributed by atoms with E-state index in [1.165, 1.54) is 0 Å². The van der Waals surface area contributed by atoms with E-state index in [0.29, 0.717) is 57.8 Å². The van der Waals surface area contributed by atoms with E-state index in [2.05, 4.69) is 20.8 Å². The highest BCUT2D eigenvalue weighted by atomic mass is 16.8. The maximum absolute atomic E-state index is 14.4. The highest BCUT2D eigenvalue weighted by molar-refractivity contribution is 5.84. The van der Waals surface area contributed by atoms with Crippen LogP contribution in [0.5, 0.6) is 0 Å². The van der Waals surface area contributed by atoms with Gasteiger partial charge in [0.05, 0.1) is 47.8 Å². The molecule has 5 rings (SSSR count). The van der Waals surface area contributed by atoms with E-state index in [-0.39, 0.29) is 35.7 Å². The third-order valence-electron chi connectivity index (χ3n) is 14.4. The van der Waals surface area contributed by atoms with Crippen molar-refractivity contribution in [2.45, 2.75) is 199 Å². The molecule has 0 aliphatic carbocycles. The van der Waals surface area contributed by atoms with Crippen molar-refractivity contribution in [3.8, 4) is 0 Å². The number of rotatable bonds is 12. The number of carbonyl (C=O) groups excluding carboxylic acids is 2. The largest absolute Gasteiger partial charge is 0.550 e. The highest BCUT2D eigenvalue weighted by Gasteiger charge is 2.63. The van der Waals surface area contributed by atoms with Gasteiger partial charge in [-0.1, -0.05) is 55.4 Å². The van der Waals surface area contributed by atoms with Crippen molar-refractivity contribution in [2.75, 3.05) is 0 Å². The molecular formula is C42H69O11-. The average Bonchev–Trinajstić information content (AvgIpc) is 3.47. The minimum absolute atomic E-state index is 0.00774. The number of carboxylic acid groups (broad SMARTS) is 1. The Labute approximate surface area is 317 Å². The van der Waals surface area contributed by atoms with Crippen molar-refractivity contribution in [1.29, 1.82) is 0 Å². The molecule has 304 valence electrons. The minimum Gasteiger partial charge on any atom is -0.550 e. The molecule has 0 saturated carbocycles. The Balaban J connectivity index is 1.31. The minimum atomic E-state index is -1.37. The zero-order valence-corrected chi connectivity index (χ0v) is 33.9. The number of carbonyl (C=O) groups is 2. The number of hydrogen-bond donors (Lipinski definition) is 3. The molecule has 2 unspecified atom stereocenters. The van der Waals surface area contributed by atoms with E-state index in [1.54, 1.807) is 19.1 Å².